The van der Waals surface area contributed by atoms with Gasteiger partial charge in [0.1, 0.15) is 5.75 Å². The van der Waals surface area contributed by atoms with Crippen LogP contribution in [-0.2, 0) is 0 Å². The van der Waals surface area contributed by atoms with Crippen LogP contribution in [0.2, 0.25) is 0 Å². The Morgan fingerprint density at radius 2 is 1.78 bits per heavy atom. The normalized spacial score (nSPS) is 11.4. The van der Waals surface area contributed by atoms with Crippen molar-refractivity contribution >= 4 is 6.08 Å². The van der Waals surface area contributed by atoms with E-state index in [1.807, 2.05) is 12.1 Å². The Hall–Kier alpha value is -1.50. The molecule has 0 aliphatic heterocycles. The third-order valence-corrected chi connectivity index (χ3v) is 2.88. The molecule has 1 aromatic rings. The molecule has 0 bridgehead atoms. The molecule has 0 aliphatic carbocycles. The number of methoxy groups -OCH3 is 1. The van der Waals surface area contributed by atoms with Crippen LogP contribution in [0.5, 0.6) is 5.75 Å². The molecule has 0 spiro atoms. The summed E-state index contributed by atoms with van der Waals surface area (Å²) in [5.41, 5.74) is 1.20. The van der Waals surface area contributed by atoms with Gasteiger partial charge in [0.2, 0.25) is 0 Å². The summed E-state index contributed by atoms with van der Waals surface area (Å²) in [6.07, 6.45) is 15.1. The van der Waals surface area contributed by atoms with E-state index in [1.165, 1.54) is 37.7 Å². The summed E-state index contributed by atoms with van der Waals surface area (Å²) in [6.45, 7) is 2.24. The zero-order chi connectivity index (χ0) is 13.1. The lowest BCUT2D eigenvalue weighted by Crippen LogP contribution is -1.81. The quantitative estimate of drug-likeness (QED) is 0.449. The maximum Gasteiger partial charge on any atom is 0.118 e. The second-order valence-corrected chi connectivity index (χ2v) is 4.41. The lowest BCUT2D eigenvalue weighted by Gasteiger charge is -1.98. The molecule has 0 atom stereocenters. The van der Waals surface area contributed by atoms with E-state index in [2.05, 4.69) is 43.4 Å². The molecule has 1 rings (SSSR count). The second kappa shape index (κ2) is 9.52. The number of unbranched alkanes of at least 4 members (excludes halogenated alkanes) is 4. The number of benzene rings is 1. The van der Waals surface area contributed by atoms with Gasteiger partial charge in [0.15, 0.2) is 0 Å². The Balaban J connectivity index is 2.24. The summed E-state index contributed by atoms with van der Waals surface area (Å²) in [4.78, 5) is 0. The largest absolute Gasteiger partial charge is 0.497 e. The van der Waals surface area contributed by atoms with Gasteiger partial charge in [-0.05, 0) is 30.5 Å². The third-order valence-electron chi connectivity index (χ3n) is 2.88. The van der Waals surface area contributed by atoms with Crippen LogP contribution >= 0.6 is 0 Å². The smallest absolute Gasteiger partial charge is 0.118 e. The van der Waals surface area contributed by atoms with Gasteiger partial charge in [-0.15, -0.1) is 0 Å². The molecular formula is C17H24O. The zero-order valence-electron chi connectivity index (χ0n) is 11.6. The molecule has 0 N–H and O–H groups in total. The molecule has 0 unspecified atom stereocenters. The first-order valence-electron chi connectivity index (χ1n) is 6.84. The van der Waals surface area contributed by atoms with Gasteiger partial charge in [-0.3, -0.25) is 0 Å². The monoisotopic (exact) mass is 244 g/mol. The van der Waals surface area contributed by atoms with Crippen molar-refractivity contribution in [2.24, 2.45) is 0 Å². The Morgan fingerprint density at radius 1 is 1.00 bits per heavy atom. The fourth-order valence-electron chi connectivity index (χ4n) is 1.75. The Bertz CT molecular complexity index is 360. The van der Waals surface area contributed by atoms with Gasteiger partial charge in [-0.25, -0.2) is 0 Å². The lowest BCUT2D eigenvalue weighted by molar-refractivity contribution is 0.415. The number of allylic oxidation sites excluding steroid dienone is 3. The summed E-state index contributed by atoms with van der Waals surface area (Å²) in [7, 11) is 1.69. The first-order chi connectivity index (χ1) is 8.86. The maximum atomic E-state index is 5.12. The molecule has 1 nitrogen and oxygen atoms in total. The van der Waals surface area contributed by atoms with Crippen molar-refractivity contribution in [1.82, 2.24) is 0 Å². The van der Waals surface area contributed by atoms with E-state index in [1.54, 1.807) is 7.11 Å². The summed E-state index contributed by atoms with van der Waals surface area (Å²) in [5, 5.41) is 0. The molecule has 1 heteroatoms. The van der Waals surface area contributed by atoms with Gasteiger partial charge in [0, 0.05) is 0 Å². The first kappa shape index (κ1) is 14.6. The van der Waals surface area contributed by atoms with E-state index in [9.17, 15) is 0 Å². The van der Waals surface area contributed by atoms with Crippen LogP contribution in [0.25, 0.3) is 6.08 Å². The minimum atomic E-state index is 0.901. The van der Waals surface area contributed by atoms with Crippen LogP contribution in [0.15, 0.2) is 42.5 Å². The molecule has 0 saturated heterocycles. The van der Waals surface area contributed by atoms with Gasteiger partial charge in [0.05, 0.1) is 7.11 Å². The second-order valence-electron chi connectivity index (χ2n) is 4.41. The summed E-state index contributed by atoms with van der Waals surface area (Å²) in [5.74, 6) is 0.901. The average Bonchev–Trinajstić information content (AvgIpc) is 2.42. The number of rotatable bonds is 8. The van der Waals surface area contributed by atoms with Crippen LogP contribution in [-0.4, -0.2) is 7.11 Å². The van der Waals surface area contributed by atoms with Crippen molar-refractivity contribution in [3.05, 3.63) is 48.1 Å². The van der Waals surface area contributed by atoms with Crippen molar-refractivity contribution in [2.45, 2.75) is 39.0 Å². The summed E-state index contributed by atoms with van der Waals surface area (Å²) in [6, 6.07) is 8.08. The lowest BCUT2D eigenvalue weighted by atomic mass is 10.1. The van der Waals surface area contributed by atoms with Gasteiger partial charge in [-0.1, -0.05) is 62.6 Å². The molecule has 0 aliphatic rings. The summed E-state index contributed by atoms with van der Waals surface area (Å²) >= 11 is 0. The molecule has 0 aromatic heterocycles. The number of hydrogen-bond donors (Lipinski definition) is 0. The van der Waals surface area contributed by atoms with Crippen molar-refractivity contribution in [3.63, 3.8) is 0 Å². The van der Waals surface area contributed by atoms with E-state index < -0.39 is 0 Å². The highest BCUT2D eigenvalue weighted by Crippen LogP contribution is 2.12. The van der Waals surface area contributed by atoms with Crippen LogP contribution in [0.4, 0.5) is 0 Å². The fraction of sp³-hybridized carbons (Fsp3) is 0.412. The Labute approximate surface area is 111 Å². The molecule has 0 radical (unpaired) electrons. The van der Waals surface area contributed by atoms with Crippen LogP contribution in [0.1, 0.15) is 44.6 Å². The molecule has 18 heavy (non-hydrogen) atoms. The minimum Gasteiger partial charge on any atom is -0.497 e. The molecule has 0 fully saturated rings. The van der Waals surface area contributed by atoms with Crippen molar-refractivity contribution < 1.29 is 4.74 Å². The van der Waals surface area contributed by atoms with E-state index in [0.717, 1.165) is 5.75 Å². The van der Waals surface area contributed by atoms with Gasteiger partial charge >= 0.3 is 0 Å². The van der Waals surface area contributed by atoms with Crippen molar-refractivity contribution in [2.75, 3.05) is 7.11 Å². The topological polar surface area (TPSA) is 9.23 Å². The minimum absolute atomic E-state index is 0.901. The van der Waals surface area contributed by atoms with Gasteiger partial charge < -0.3 is 4.74 Å². The predicted octanol–water partition coefficient (Wildman–Crippen LogP) is 5.24. The molecular weight excluding hydrogens is 220 g/mol. The maximum absolute atomic E-state index is 5.12. The molecule has 0 amide bonds. The van der Waals surface area contributed by atoms with Crippen molar-refractivity contribution in [3.8, 4) is 5.75 Å². The summed E-state index contributed by atoms with van der Waals surface area (Å²) < 4.78 is 5.12. The highest BCUT2D eigenvalue weighted by atomic mass is 16.5. The molecule has 1 aromatic carbocycles. The number of hydrogen-bond acceptors (Lipinski definition) is 1. The third kappa shape index (κ3) is 6.29. The first-order valence-corrected chi connectivity index (χ1v) is 6.84. The SMILES string of the molecule is CCCCCC/C=C/C=C/c1ccc(OC)cc1. The van der Waals surface area contributed by atoms with E-state index in [-0.39, 0.29) is 0 Å². The highest BCUT2D eigenvalue weighted by molar-refractivity contribution is 5.52. The number of ether oxygens (including phenoxy) is 1. The van der Waals surface area contributed by atoms with Gasteiger partial charge in [0.25, 0.3) is 0 Å². The Morgan fingerprint density at radius 3 is 2.44 bits per heavy atom. The predicted molar refractivity (Wildman–Crippen MR) is 79.9 cm³/mol. The van der Waals surface area contributed by atoms with Crippen LogP contribution in [0.3, 0.4) is 0 Å². The molecule has 98 valence electrons. The van der Waals surface area contributed by atoms with Crippen LogP contribution in [0, 0.1) is 0 Å². The molecule has 0 saturated carbocycles. The standard InChI is InChI=1S/C17H24O/c1-3-4-5-6-7-8-9-10-11-16-12-14-17(18-2)15-13-16/h8-15H,3-7H2,1-2H3/b9-8+,11-10+. The molecule has 0 heterocycles. The fourth-order valence-corrected chi connectivity index (χ4v) is 1.75. The van der Waals surface area contributed by atoms with E-state index in [0.29, 0.717) is 0 Å². The zero-order valence-corrected chi connectivity index (χ0v) is 11.6. The van der Waals surface area contributed by atoms with E-state index in [4.69, 9.17) is 4.74 Å². The van der Waals surface area contributed by atoms with Crippen LogP contribution < -0.4 is 4.74 Å². The van der Waals surface area contributed by atoms with Gasteiger partial charge in [-0.2, -0.15) is 0 Å². The van der Waals surface area contributed by atoms with Crippen molar-refractivity contribution in [1.29, 1.82) is 0 Å². The Kier molecular flexibility index (Phi) is 7.70. The highest BCUT2D eigenvalue weighted by Gasteiger charge is 1.88. The van der Waals surface area contributed by atoms with E-state index >= 15 is 0 Å². The average molecular weight is 244 g/mol.